The molecule has 1 saturated carbocycles. The summed E-state index contributed by atoms with van der Waals surface area (Å²) in [7, 11) is 1.79. The minimum Gasteiger partial charge on any atom is -0.490 e. The van der Waals surface area contributed by atoms with E-state index in [0.717, 1.165) is 29.7 Å². The summed E-state index contributed by atoms with van der Waals surface area (Å²) < 4.78 is 6.01. The standard InChI is InChI=1S/C15H21NO2/c1-11-6-5-9-14(15(11)13(17)10-16-2)18-12-7-3-4-8-12/h5-6,9,12,16H,3-4,7-8,10H2,1-2H3. The number of hydrogen-bond acceptors (Lipinski definition) is 3. The molecular formula is C15H21NO2. The molecule has 1 N–H and O–H groups in total. The van der Waals surface area contributed by atoms with Gasteiger partial charge in [-0.15, -0.1) is 0 Å². The lowest BCUT2D eigenvalue weighted by Gasteiger charge is -2.17. The van der Waals surface area contributed by atoms with Crippen LogP contribution in [0.3, 0.4) is 0 Å². The molecule has 18 heavy (non-hydrogen) atoms. The number of aryl methyl sites for hydroxylation is 1. The van der Waals surface area contributed by atoms with Gasteiger partial charge in [-0.1, -0.05) is 12.1 Å². The van der Waals surface area contributed by atoms with E-state index in [1.165, 1.54) is 12.8 Å². The van der Waals surface area contributed by atoms with Crippen LogP contribution in [0.1, 0.15) is 41.6 Å². The predicted molar refractivity (Wildman–Crippen MR) is 72.3 cm³/mol. The maximum atomic E-state index is 12.1. The number of carbonyl (C=O) groups is 1. The number of rotatable bonds is 5. The van der Waals surface area contributed by atoms with Gasteiger partial charge in [-0.2, -0.15) is 0 Å². The number of ketones is 1. The number of carbonyl (C=O) groups excluding carboxylic acids is 1. The third kappa shape index (κ3) is 2.91. The summed E-state index contributed by atoms with van der Waals surface area (Å²) in [5.74, 6) is 0.853. The fraction of sp³-hybridized carbons (Fsp3) is 0.533. The monoisotopic (exact) mass is 247 g/mol. The summed E-state index contributed by atoms with van der Waals surface area (Å²) in [6.45, 7) is 2.32. The Hall–Kier alpha value is -1.35. The lowest BCUT2D eigenvalue weighted by molar-refractivity contribution is 0.0985. The molecule has 3 nitrogen and oxygen atoms in total. The first-order valence-corrected chi connectivity index (χ1v) is 6.66. The zero-order valence-corrected chi connectivity index (χ0v) is 11.2. The van der Waals surface area contributed by atoms with Crippen LogP contribution < -0.4 is 10.1 Å². The molecule has 1 aromatic carbocycles. The van der Waals surface area contributed by atoms with Gasteiger partial charge in [-0.25, -0.2) is 0 Å². The van der Waals surface area contributed by atoms with Crippen molar-refractivity contribution in [2.45, 2.75) is 38.7 Å². The van der Waals surface area contributed by atoms with Crippen LogP contribution in [0.15, 0.2) is 18.2 Å². The Labute approximate surface area is 109 Å². The van der Waals surface area contributed by atoms with Gasteiger partial charge in [0.2, 0.25) is 0 Å². The third-order valence-corrected chi connectivity index (χ3v) is 3.45. The van der Waals surface area contributed by atoms with Crippen molar-refractivity contribution in [3.05, 3.63) is 29.3 Å². The smallest absolute Gasteiger partial charge is 0.180 e. The zero-order chi connectivity index (χ0) is 13.0. The molecule has 3 heteroatoms. The molecule has 98 valence electrons. The number of Topliss-reactive ketones (excluding diaryl/α,β-unsaturated/α-hetero) is 1. The second-order valence-corrected chi connectivity index (χ2v) is 4.93. The van der Waals surface area contributed by atoms with E-state index in [1.54, 1.807) is 7.05 Å². The largest absolute Gasteiger partial charge is 0.490 e. The lowest BCUT2D eigenvalue weighted by Crippen LogP contribution is -2.21. The van der Waals surface area contributed by atoms with Crippen molar-refractivity contribution in [3.8, 4) is 5.75 Å². The van der Waals surface area contributed by atoms with Gasteiger partial charge in [0.25, 0.3) is 0 Å². The number of benzene rings is 1. The van der Waals surface area contributed by atoms with Crippen molar-refractivity contribution in [2.75, 3.05) is 13.6 Å². The van der Waals surface area contributed by atoms with Crippen molar-refractivity contribution in [1.29, 1.82) is 0 Å². The minimum atomic E-state index is 0.101. The third-order valence-electron chi connectivity index (χ3n) is 3.45. The van der Waals surface area contributed by atoms with Crippen LogP contribution in [0, 0.1) is 6.92 Å². The van der Waals surface area contributed by atoms with E-state index in [9.17, 15) is 4.79 Å². The first-order chi connectivity index (χ1) is 8.72. The Kier molecular flexibility index (Phi) is 4.37. The molecule has 0 aromatic heterocycles. The quantitative estimate of drug-likeness (QED) is 0.813. The normalized spacial score (nSPS) is 15.9. The van der Waals surface area contributed by atoms with Crippen LogP contribution in [0.5, 0.6) is 5.75 Å². The number of likely N-dealkylation sites (N-methyl/N-ethyl adjacent to an activating group) is 1. The molecule has 1 fully saturated rings. The van der Waals surface area contributed by atoms with Gasteiger partial charge >= 0.3 is 0 Å². The maximum absolute atomic E-state index is 12.1. The molecule has 0 spiro atoms. The highest BCUT2D eigenvalue weighted by molar-refractivity contribution is 6.01. The van der Waals surface area contributed by atoms with E-state index in [-0.39, 0.29) is 11.9 Å². The summed E-state index contributed by atoms with van der Waals surface area (Å²) in [6.07, 6.45) is 4.96. The average molecular weight is 247 g/mol. The second kappa shape index (κ2) is 6.01. The van der Waals surface area contributed by atoms with Crippen molar-refractivity contribution >= 4 is 5.78 Å². The summed E-state index contributed by atoms with van der Waals surface area (Å²) in [5, 5.41) is 2.91. The number of hydrogen-bond donors (Lipinski definition) is 1. The number of ether oxygens (including phenoxy) is 1. The van der Waals surface area contributed by atoms with Gasteiger partial charge in [-0.05, 0) is 51.3 Å². The topological polar surface area (TPSA) is 38.3 Å². The van der Waals surface area contributed by atoms with Crippen molar-refractivity contribution < 1.29 is 9.53 Å². The van der Waals surface area contributed by atoms with Gasteiger partial charge in [0.1, 0.15) is 5.75 Å². The highest BCUT2D eigenvalue weighted by Gasteiger charge is 2.20. The molecule has 0 heterocycles. The molecule has 1 aliphatic rings. The molecule has 1 aromatic rings. The van der Waals surface area contributed by atoms with Crippen molar-refractivity contribution in [1.82, 2.24) is 5.32 Å². The van der Waals surface area contributed by atoms with Crippen LogP contribution in [-0.2, 0) is 0 Å². The molecule has 0 bridgehead atoms. The Morgan fingerprint density at radius 3 is 2.78 bits per heavy atom. The van der Waals surface area contributed by atoms with Gasteiger partial charge in [0.05, 0.1) is 18.2 Å². The van der Waals surface area contributed by atoms with E-state index in [4.69, 9.17) is 4.74 Å². The Balaban J connectivity index is 2.22. The van der Waals surface area contributed by atoms with Crippen molar-refractivity contribution in [2.24, 2.45) is 0 Å². The minimum absolute atomic E-state index is 0.101. The molecule has 1 aliphatic carbocycles. The fourth-order valence-electron chi connectivity index (χ4n) is 2.53. The predicted octanol–water partition coefficient (Wildman–Crippen LogP) is 2.72. The van der Waals surface area contributed by atoms with Crippen LogP contribution in [0.25, 0.3) is 0 Å². The van der Waals surface area contributed by atoms with Crippen LogP contribution >= 0.6 is 0 Å². The van der Waals surface area contributed by atoms with Crippen LogP contribution in [0.4, 0.5) is 0 Å². The van der Waals surface area contributed by atoms with E-state index in [1.807, 2.05) is 25.1 Å². The molecule has 0 amide bonds. The molecule has 2 rings (SSSR count). The van der Waals surface area contributed by atoms with Gasteiger partial charge in [0.15, 0.2) is 5.78 Å². The summed E-state index contributed by atoms with van der Waals surface area (Å²) in [5.41, 5.74) is 1.73. The Bertz CT molecular complexity index is 423. The Morgan fingerprint density at radius 2 is 2.11 bits per heavy atom. The maximum Gasteiger partial charge on any atom is 0.180 e. The second-order valence-electron chi connectivity index (χ2n) is 4.93. The van der Waals surface area contributed by atoms with E-state index >= 15 is 0 Å². The first kappa shape index (κ1) is 13.1. The Morgan fingerprint density at radius 1 is 1.39 bits per heavy atom. The molecule has 0 saturated heterocycles. The summed E-state index contributed by atoms with van der Waals surface area (Å²) in [4.78, 5) is 12.1. The molecule has 0 radical (unpaired) electrons. The van der Waals surface area contributed by atoms with Crippen LogP contribution in [-0.4, -0.2) is 25.5 Å². The summed E-state index contributed by atoms with van der Waals surface area (Å²) in [6, 6.07) is 5.83. The molecule has 0 unspecified atom stereocenters. The SMILES string of the molecule is CNCC(=O)c1c(C)cccc1OC1CCCC1. The average Bonchev–Trinajstić information content (AvgIpc) is 2.82. The van der Waals surface area contributed by atoms with Crippen molar-refractivity contribution in [3.63, 3.8) is 0 Å². The fourth-order valence-corrected chi connectivity index (χ4v) is 2.53. The van der Waals surface area contributed by atoms with Gasteiger partial charge in [-0.3, -0.25) is 4.79 Å². The van der Waals surface area contributed by atoms with E-state index in [0.29, 0.717) is 6.54 Å². The van der Waals surface area contributed by atoms with Crippen LogP contribution in [0.2, 0.25) is 0 Å². The lowest BCUT2D eigenvalue weighted by atomic mass is 10.0. The van der Waals surface area contributed by atoms with Gasteiger partial charge in [0, 0.05) is 0 Å². The number of nitrogens with one attached hydrogen (secondary N) is 1. The summed E-state index contributed by atoms with van der Waals surface area (Å²) >= 11 is 0. The highest BCUT2D eigenvalue weighted by Crippen LogP contribution is 2.28. The van der Waals surface area contributed by atoms with E-state index < -0.39 is 0 Å². The van der Waals surface area contributed by atoms with Gasteiger partial charge < -0.3 is 10.1 Å². The molecule has 0 aliphatic heterocycles. The van der Waals surface area contributed by atoms with E-state index in [2.05, 4.69) is 5.32 Å². The first-order valence-electron chi connectivity index (χ1n) is 6.66. The zero-order valence-electron chi connectivity index (χ0n) is 11.2. The molecular weight excluding hydrogens is 226 g/mol. The molecule has 0 atom stereocenters. The highest BCUT2D eigenvalue weighted by atomic mass is 16.5.